The first-order valence-electron chi connectivity index (χ1n) is 10.1. The number of nitrogens with one attached hydrogen (secondary N) is 3. The van der Waals surface area contributed by atoms with Crippen LogP contribution in [0.25, 0.3) is 0 Å². The summed E-state index contributed by atoms with van der Waals surface area (Å²) in [6, 6.07) is 8.06. The third-order valence-corrected chi connectivity index (χ3v) is 4.94. The molecule has 0 radical (unpaired) electrons. The van der Waals surface area contributed by atoms with Crippen molar-refractivity contribution >= 4 is 35.8 Å². The average molecular weight is 517 g/mol. The van der Waals surface area contributed by atoms with Crippen molar-refractivity contribution in [1.82, 2.24) is 20.9 Å². The number of hydrogen-bond donors (Lipinski definition) is 3. The molecule has 164 valence electrons. The minimum absolute atomic E-state index is 0. The molecule has 1 unspecified atom stereocenters. The number of halogens is 1. The molecule has 0 aromatic heterocycles. The molecule has 0 saturated carbocycles. The van der Waals surface area contributed by atoms with E-state index in [2.05, 4.69) is 39.7 Å². The molecule has 1 aromatic carbocycles. The fourth-order valence-corrected chi connectivity index (χ4v) is 3.39. The average Bonchev–Trinajstić information content (AvgIpc) is 2.73. The molecule has 8 heteroatoms. The van der Waals surface area contributed by atoms with E-state index in [1.165, 1.54) is 0 Å². The van der Waals surface area contributed by atoms with Gasteiger partial charge in [-0.3, -0.25) is 14.7 Å². The van der Waals surface area contributed by atoms with Gasteiger partial charge in [-0.25, -0.2) is 0 Å². The van der Waals surface area contributed by atoms with Crippen molar-refractivity contribution in [2.75, 3.05) is 46.9 Å². The van der Waals surface area contributed by atoms with Crippen LogP contribution in [0, 0.1) is 5.92 Å². The number of hydrogen-bond acceptors (Lipinski definition) is 4. The Balaban J connectivity index is 0.00000420. The second-order valence-electron chi connectivity index (χ2n) is 7.51. The maximum absolute atomic E-state index is 11.6. The first-order chi connectivity index (χ1) is 13.5. The van der Waals surface area contributed by atoms with Gasteiger partial charge in [-0.1, -0.05) is 26.0 Å². The van der Waals surface area contributed by atoms with Crippen molar-refractivity contribution in [1.29, 1.82) is 0 Å². The first kappa shape index (κ1) is 25.6. The summed E-state index contributed by atoms with van der Waals surface area (Å²) < 4.78 is 5.50. The first-order valence-corrected chi connectivity index (χ1v) is 10.1. The summed E-state index contributed by atoms with van der Waals surface area (Å²) in [5.41, 5.74) is 1.76. The van der Waals surface area contributed by atoms with Crippen LogP contribution in [0.3, 0.4) is 0 Å². The predicted octanol–water partition coefficient (Wildman–Crippen LogP) is 2.08. The van der Waals surface area contributed by atoms with Gasteiger partial charge in [0.1, 0.15) is 0 Å². The Labute approximate surface area is 192 Å². The van der Waals surface area contributed by atoms with Crippen LogP contribution in [-0.2, 0) is 11.3 Å². The number of aliphatic imine (C=N–C) groups is 1. The molecule has 3 N–H and O–H groups in total. The molecular weight excluding hydrogens is 481 g/mol. The number of amides is 1. The van der Waals surface area contributed by atoms with E-state index in [9.17, 15) is 4.79 Å². The van der Waals surface area contributed by atoms with E-state index in [4.69, 9.17) is 4.74 Å². The van der Waals surface area contributed by atoms with Crippen molar-refractivity contribution in [2.45, 2.75) is 32.9 Å². The SMILES string of the molecule is CN=C(NCc1ccc(C(=O)NC)cc1)NCC(CC(C)C)N1CCOCC1.I. The molecule has 0 spiro atoms. The lowest BCUT2D eigenvalue weighted by Gasteiger charge is -2.35. The maximum atomic E-state index is 11.6. The lowest BCUT2D eigenvalue weighted by molar-refractivity contribution is 0.0132. The van der Waals surface area contributed by atoms with Gasteiger partial charge in [0.05, 0.1) is 13.2 Å². The lowest BCUT2D eigenvalue weighted by Crippen LogP contribution is -2.50. The standard InChI is InChI=1S/C21H35N5O2.HI/c1-16(2)13-19(26-9-11-28-12-10-26)15-25-21(23-4)24-14-17-5-7-18(8-6-17)20(27)22-3;/h5-8,16,19H,9-15H2,1-4H3,(H,22,27)(H2,23,24,25);1H. The normalized spacial score (nSPS) is 16.1. The Morgan fingerprint density at radius 2 is 1.83 bits per heavy atom. The smallest absolute Gasteiger partial charge is 0.251 e. The molecule has 1 heterocycles. The van der Waals surface area contributed by atoms with Gasteiger partial charge < -0.3 is 20.7 Å². The number of carbonyl (C=O) groups is 1. The van der Waals surface area contributed by atoms with Crippen LogP contribution in [0.2, 0.25) is 0 Å². The number of ether oxygens (including phenoxy) is 1. The minimum Gasteiger partial charge on any atom is -0.379 e. The summed E-state index contributed by atoms with van der Waals surface area (Å²) in [7, 11) is 3.42. The largest absolute Gasteiger partial charge is 0.379 e. The van der Waals surface area contributed by atoms with E-state index >= 15 is 0 Å². The molecule has 1 fully saturated rings. The zero-order chi connectivity index (χ0) is 20.4. The quantitative estimate of drug-likeness (QED) is 0.280. The van der Waals surface area contributed by atoms with Crippen molar-refractivity contribution in [3.05, 3.63) is 35.4 Å². The molecule has 1 atom stereocenters. The van der Waals surface area contributed by atoms with Gasteiger partial charge in [0, 0.05) is 51.9 Å². The van der Waals surface area contributed by atoms with Gasteiger partial charge in [0.25, 0.3) is 5.91 Å². The second kappa shape index (κ2) is 13.8. The Hall–Kier alpha value is -1.39. The van der Waals surface area contributed by atoms with Crippen LogP contribution in [0.15, 0.2) is 29.3 Å². The van der Waals surface area contributed by atoms with Gasteiger partial charge in [-0.05, 0) is 30.0 Å². The Bertz CT molecular complexity index is 630. The zero-order valence-corrected chi connectivity index (χ0v) is 20.4. The third-order valence-electron chi connectivity index (χ3n) is 4.94. The summed E-state index contributed by atoms with van der Waals surface area (Å²) >= 11 is 0. The molecule has 1 saturated heterocycles. The van der Waals surface area contributed by atoms with Crippen molar-refractivity contribution < 1.29 is 9.53 Å². The molecule has 2 rings (SSSR count). The lowest BCUT2D eigenvalue weighted by atomic mass is 10.0. The summed E-state index contributed by atoms with van der Waals surface area (Å²) in [5, 5.41) is 9.46. The molecule has 1 aliphatic heterocycles. The number of guanidine groups is 1. The number of rotatable bonds is 8. The highest BCUT2D eigenvalue weighted by atomic mass is 127. The minimum atomic E-state index is -0.0729. The summed E-state index contributed by atoms with van der Waals surface area (Å²) in [6.07, 6.45) is 1.14. The number of morpholine rings is 1. The van der Waals surface area contributed by atoms with Gasteiger partial charge in [-0.15, -0.1) is 24.0 Å². The Kier molecular flexibility index (Phi) is 12.2. The van der Waals surface area contributed by atoms with Crippen LogP contribution in [-0.4, -0.2) is 69.8 Å². The van der Waals surface area contributed by atoms with Crippen LogP contribution >= 0.6 is 24.0 Å². The van der Waals surface area contributed by atoms with Crippen molar-refractivity contribution in [2.24, 2.45) is 10.9 Å². The van der Waals surface area contributed by atoms with Crippen LogP contribution in [0.4, 0.5) is 0 Å². The number of carbonyl (C=O) groups excluding carboxylic acids is 1. The van der Waals surface area contributed by atoms with Crippen LogP contribution in [0.1, 0.15) is 36.2 Å². The molecule has 1 aromatic rings. The summed E-state index contributed by atoms with van der Waals surface area (Å²) in [4.78, 5) is 18.5. The van der Waals surface area contributed by atoms with E-state index in [0.717, 1.165) is 50.8 Å². The van der Waals surface area contributed by atoms with E-state index in [-0.39, 0.29) is 29.9 Å². The molecule has 0 aliphatic carbocycles. The fourth-order valence-electron chi connectivity index (χ4n) is 3.39. The third kappa shape index (κ3) is 8.88. The highest BCUT2D eigenvalue weighted by Gasteiger charge is 2.22. The van der Waals surface area contributed by atoms with Crippen molar-refractivity contribution in [3.63, 3.8) is 0 Å². The molecule has 29 heavy (non-hydrogen) atoms. The molecule has 1 aliphatic rings. The highest BCUT2D eigenvalue weighted by Crippen LogP contribution is 2.13. The molecule has 7 nitrogen and oxygen atoms in total. The van der Waals surface area contributed by atoms with E-state index in [1.807, 2.05) is 24.3 Å². The Morgan fingerprint density at radius 1 is 1.17 bits per heavy atom. The molecular formula is C21H36IN5O2. The summed E-state index contributed by atoms with van der Waals surface area (Å²) in [5.74, 6) is 1.36. The number of benzene rings is 1. The monoisotopic (exact) mass is 517 g/mol. The summed E-state index contributed by atoms with van der Waals surface area (Å²) in [6.45, 7) is 9.65. The highest BCUT2D eigenvalue weighted by molar-refractivity contribution is 14.0. The van der Waals surface area contributed by atoms with Gasteiger partial charge in [-0.2, -0.15) is 0 Å². The van der Waals surface area contributed by atoms with E-state index < -0.39 is 0 Å². The fraction of sp³-hybridized carbons (Fsp3) is 0.619. The van der Waals surface area contributed by atoms with Crippen molar-refractivity contribution in [3.8, 4) is 0 Å². The molecule has 0 bridgehead atoms. The van der Waals surface area contributed by atoms with Gasteiger partial charge in [0.15, 0.2) is 5.96 Å². The van der Waals surface area contributed by atoms with Crippen LogP contribution in [0.5, 0.6) is 0 Å². The second-order valence-corrected chi connectivity index (χ2v) is 7.51. The molecule has 1 amide bonds. The van der Waals surface area contributed by atoms with E-state index in [1.54, 1.807) is 14.1 Å². The Morgan fingerprint density at radius 3 is 2.38 bits per heavy atom. The van der Waals surface area contributed by atoms with Crippen LogP contribution < -0.4 is 16.0 Å². The maximum Gasteiger partial charge on any atom is 0.251 e. The van der Waals surface area contributed by atoms with Gasteiger partial charge >= 0.3 is 0 Å². The number of nitrogens with zero attached hydrogens (tertiary/aromatic N) is 2. The van der Waals surface area contributed by atoms with Gasteiger partial charge in [0.2, 0.25) is 0 Å². The topological polar surface area (TPSA) is 78.0 Å². The zero-order valence-electron chi connectivity index (χ0n) is 18.0. The predicted molar refractivity (Wildman–Crippen MR) is 129 cm³/mol. The van der Waals surface area contributed by atoms with E-state index in [0.29, 0.717) is 24.1 Å².